The van der Waals surface area contributed by atoms with Crippen LogP contribution in [0.25, 0.3) is 0 Å². The smallest absolute Gasteiger partial charge is 0.254 e. The molecule has 2 fully saturated rings. The third-order valence-electron chi connectivity index (χ3n) is 7.62. The number of aliphatic hydroxyl groups excluding tert-OH is 1. The molecule has 2 saturated heterocycles. The predicted octanol–water partition coefficient (Wildman–Crippen LogP) is 2.83. The molecule has 10 heteroatoms. The molecular weight excluding hydrogens is 512 g/mol. The number of carbonyl (C=O) groups is 2. The Labute approximate surface area is 233 Å². The summed E-state index contributed by atoms with van der Waals surface area (Å²) in [7, 11) is 0. The first-order chi connectivity index (χ1) is 19.5. The summed E-state index contributed by atoms with van der Waals surface area (Å²) in [5, 5.41) is 13.3. The lowest BCUT2D eigenvalue weighted by atomic mass is 9.93. The van der Waals surface area contributed by atoms with Gasteiger partial charge in [0.25, 0.3) is 11.8 Å². The molecule has 2 amide bonds. The lowest BCUT2D eigenvalue weighted by Gasteiger charge is -2.45. The van der Waals surface area contributed by atoms with E-state index < -0.39 is 6.10 Å². The molecule has 3 aromatic rings. The van der Waals surface area contributed by atoms with Crippen LogP contribution in [0.3, 0.4) is 0 Å². The molecule has 2 aliphatic rings. The first-order valence-corrected chi connectivity index (χ1v) is 13.8. The molecule has 1 aromatic heterocycles. The highest BCUT2D eigenvalue weighted by Crippen LogP contribution is 2.29. The van der Waals surface area contributed by atoms with Gasteiger partial charge in [-0.05, 0) is 79.6 Å². The van der Waals surface area contributed by atoms with Crippen LogP contribution in [0.1, 0.15) is 63.3 Å². The molecule has 0 saturated carbocycles. The molecule has 0 spiro atoms. The van der Waals surface area contributed by atoms with Crippen LogP contribution in [-0.4, -0.2) is 64.8 Å². The number of aryl methyl sites for hydroxylation is 1. The number of fused-ring (bicyclic) bond motifs is 2. The second-order valence-electron chi connectivity index (χ2n) is 10.4. The van der Waals surface area contributed by atoms with E-state index in [1.165, 1.54) is 6.39 Å². The van der Waals surface area contributed by atoms with Crippen molar-refractivity contribution in [2.45, 2.75) is 63.4 Å². The minimum absolute atomic E-state index is 0.00773. The van der Waals surface area contributed by atoms with Crippen LogP contribution in [0, 0.1) is 0 Å². The highest BCUT2D eigenvalue weighted by atomic mass is 16.5. The van der Waals surface area contributed by atoms with Crippen LogP contribution >= 0.6 is 0 Å². The number of piperidine rings is 1. The van der Waals surface area contributed by atoms with Crippen LogP contribution in [0.2, 0.25) is 0 Å². The summed E-state index contributed by atoms with van der Waals surface area (Å²) in [5.41, 5.74) is 8.90. The van der Waals surface area contributed by atoms with E-state index in [1.54, 1.807) is 30.5 Å². The molecule has 0 aliphatic carbocycles. The number of oxazole rings is 1. The minimum Gasteiger partial charge on any atom is -0.486 e. The quantitative estimate of drug-likeness (QED) is 0.332. The summed E-state index contributed by atoms with van der Waals surface area (Å²) >= 11 is 0. The Balaban J connectivity index is 1.08. The molecule has 2 bridgehead atoms. The van der Waals surface area contributed by atoms with E-state index in [0.717, 1.165) is 30.4 Å². The topological polar surface area (TPSA) is 140 Å². The lowest BCUT2D eigenvalue weighted by molar-refractivity contribution is -0.0565. The largest absolute Gasteiger partial charge is 0.486 e. The van der Waals surface area contributed by atoms with Gasteiger partial charge >= 0.3 is 0 Å². The standard InChI is InChI=1S/C30H36N4O6/c31-13-23-12-27(39-18-28-15-32-19-40-28)11-9-20(23)8-10-26(35)14-33-29(36)21-4-6-22(7-5-21)30(37)34-24-2-1-3-25(34)17-38-16-24/h4-7,9,11-12,15,19,24-26,35H,1-3,8,10,13-14,16-18,31H2,(H,33,36)/t24?,25?,26-/m0/s1. The normalized spacial score (nSPS) is 19.2. The van der Waals surface area contributed by atoms with E-state index in [0.29, 0.717) is 55.2 Å². The molecule has 2 unspecified atom stereocenters. The van der Waals surface area contributed by atoms with Gasteiger partial charge < -0.3 is 34.9 Å². The second-order valence-corrected chi connectivity index (χ2v) is 10.4. The van der Waals surface area contributed by atoms with Crippen LogP contribution < -0.4 is 15.8 Å². The van der Waals surface area contributed by atoms with Gasteiger partial charge in [-0.3, -0.25) is 9.59 Å². The number of carbonyl (C=O) groups excluding carboxylic acids is 2. The molecular formula is C30H36N4O6. The summed E-state index contributed by atoms with van der Waals surface area (Å²) in [6.07, 6.45) is 6.34. The summed E-state index contributed by atoms with van der Waals surface area (Å²) in [6, 6.07) is 12.7. The van der Waals surface area contributed by atoms with Gasteiger partial charge in [-0.2, -0.15) is 0 Å². The number of benzene rings is 2. The Morgan fingerprint density at radius 1 is 1.10 bits per heavy atom. The van der Waals surface area contributed by atoms with Gasteiger partial charge in [0.2, 0.25) is 0 Å². The molecule has 5 rings (SSSR count). The average Bonchev–Trinajstić information content (AvgIpc) is 3.51. The number of aliphatic hydroxyl groups is 1. The van der Waals surface area contributed by atoms with E-state index in [4.69, 9.17) is 19.6 Å². The number of morpholine rings is 1. The van der Waals surface area contributed by atoms with Crippen molar-refractivity contribution in [1.29, 1.82) is 0 Å². The summed E-state index contributed by atoms with van der Waals surface area (Å²) < 4.78 is 16.6. The summed E-state index contributed by atoms with van der Waals surface area (Å²) in [5.74, 6) is 1.00. The van der Waals surface area contributed by atoms with Crippen LogP contribution in [0.4, 0.5) is 0 Å². The van der Waals surface area contributed by atoms with Crippen LogP contribution in [-0.2, 0) is 24.3 Å². The highest BCUT2D eigenvalue weighted by molar-refractivity contribution is 5.98. The number of rotatable bonds is 11. The SMILES string of the molecule is NCc1cc(OCc2cnco2)ccc1CC[C@H](O)CNC(=O)c1ccc(C(=O)N2C3CCCC2COC3)cc1. The highest BCUT2D eigenvalue weighted by Gasteiger charge is 2.38. The Bertz CT molecular complexity index is 1260. The maximum Gasteiger partial charge on any atom is 0.254 e. The van der Waals surface area contributed by atoms with Crippen molar-refractivity contribution < 1.29 is 28.6 Å². The minimum atomic E-state index is -0.724. The first-order valence-electron chi connectivity index (χ1n) is 13.8. The number of ether oxygens (including phenoxy) is 2. The Morgan fingerprint density at radius 2 is 1.85 bits per heavy atom. The number of nitrogens with two attached hydrogens (primary N) is 1. The van der Waals surface area contributed by atoms with E-state index in [9.17, 15) is 14.7 Å². The van der Waals surface area contributed by atoms with E-state index in [-0.39, 0.29) is 37.0 Å². The first kappa shape index (κ1) is 27.8. The third-order valence-corrected chi connectivity index (χ3v) is 7.62. The molecule has 10 nitrogen and oxygen atoms in total. The number of amides is 2. The van der Waals surface area contributed by atoms with Gasteiger partial charge in [0.15, 0.2) is 12.2 Å². The summed E-state index contributed by atoms with van der Waals surface area (Å²) in [4.78, 5) is 31.7. The fourth-order valence-electron chi connectivity index (χ4n) is 5.41. The molecule has 3 heterocycles. The van der Waals surface area contributed by atoms with Crippen molar-refractivity contribution in [2.75, 3.05) is 19.8 Å². The van der Waals surface area contributed by atoms with Crippen molar-refractivity contribution in [3.8, 4) is 5.75 Å². The fraction of sp³-hybridized carbons (Fsp3) is 0.433. The van der Waals surface area contributed by atoms with Gasteiger partial charge in [-0.25, -0.2) is 4.98 Å². The van der Waals surface area contributed by atoms with Gasteiger partial charge in [-0.1, -0.05) is 6.07 Å². The third kappa shape index (κ3) is 6.70. The van der Waals surface area contributed by atoms with Gasteiger partial charge in [0.05, 0.1) is 37.6 Å². The van der Waals surface area contributed by atoms with E-state index in [1.807, 2.05) is 23.1 Å². The zero-order chi connectivity index (χ0) is 27.9. The zero-order valence-electron chi connectivity index (χ0n) is 22.5. The van der Waals surface area contributed by atoms with Gasteiger partial charge in [0, 0.05) is 24.2 Å². The number of hydrogen-bond donors (Lipinski definition) is 3. The molecule has 0 radical (unpaired) electrons. The van der Waals surface area contributed by atoms with Crippen molar-refractivity contribution in [1.82, 2.24) is 15.2 Å². The van der Waals surface area contributed by atoms with Crippen molar-refractivity contribution in [2.24, 2.45) is 5.73 Å². The average molecular weight is 549 g/mol. The summed E-state index contributed by atoms with van der Waals surface area (Å²) in [6.45, 7) is 1.90. The van der Waals surface area contributed by atoms with Gasteiger partial charge in [-0.15, -0.1) is 0 Å². The maximum absolute atomic E-state index is 13.2. The van der Waals surface area contributed by atoms with Crippen molar-refractivity contribution in [3.05, 3.63) is 83.1 Å². The predicted molar refractivity (Wildman–Crippen MR) is 147 cm³/mol. The zero-order valence-corrected chi connectivity index (χ0v) is 22.5. The molecule has 4 N–H and O–H groups in total. The van der Waals surface area contributed by atoms with E-state index >= 15 is 0 Å². The number of hydrogen-bond acceptors (Lipinski definition) is 8. The maximum atomic E-state index is 13.2. The second kappa shape index (κ2) is 13.1. The Hall–Kier alpha value is -3.73. The monoisotopic (exact) mass is 548 g/mol. The van der Waals surface area contributed by atoms with E-state index in [2.05, 4.69) is 10.3 Å². The van der Waals surface area contributed by atoms with Crippen LogP contribution in [0.15, 0.2) is 59.5 Å². The molecule has 2 aromatic carbocycles. The van der Waals surface area contributed by atoms with Crippen LogP contribution in [0.5, 0.6) is 5.75 Å². The number of nitrogens with zero attached hydrogens (tertiary/aromatic N) is 2. The Morgan fingerprint density at radius 3 is 2.55 bits per heavy atom. The number of aromatic nitrogens is 1. The lowest BCUT2D eigenvalue weighted by Crippen LogP contribution is -2.57. The van der Waals surface area contributed by atoms with Gasteiger partial charge in [0.1, 0.15) is 12.4 Å². The fourth-order valence-corrected chi connectivity index (χ4v) is 5.41. The molecule has 2 aliphatic heterocycles. The van der Waals surface area contributed by atoms with Crippen molar-refractivity contribution in [3.63, 3.8) is 0 Å². The molecule has 212 valence electrons. The molecule has 3 atom stereocenters. The Kier molecular flexibility index (Phi) is 9.10. The van der Waals surface area contributed by atoms with Crippen molar-refractivity contribution >= 4 is 11.8 Å². The molecule has 40 heavy (non-hydrogen) atoms. The number of nitrogens with one attached hydrogen (secondary N) is 1.